The minimum Gasteiger partial charge on any atom is -0.395 e. The summed E-state index contributed by atoms with van der Waals surface area (Å²) >= 11 is 0. The summed E-state index contributed by atoms with van der Waals surface area (Å²) < 4.78 is 6.50. The van der Waals surface area contributed by atoms with Gasteiger partial charge in [0.1, 0.15) is 0 Å². The summed E-state index contributed by atoms with van der Waals surface area (Å²) in [5.41, 5.74) is 1.07. The number of para-hydroxylation sites is 1. The second-order valence-electron chi connectivity index (χ2n) is 4.39. The molecule has 2 rings (SSSR count). The number of aliphatic hydroxyl groups excluding tert-OH is 1. The number of amides is 1. The molecular weight excluding hydrogens is 272 g/mol. The van der Waals surface area contributed by atoms with Crippen molar-refractivity contribution < 1.29 is 14.6 Å². The summed E-state index contributed by atoms with van der Waals surface area (Å²) in [4.78, 5) is 13.8. The van der Waals surface area contributed by atoms with Gasteiger partial charge in [0.05, 0.1) is 25.1 Å². The van der Waals surface area contributed by atoms with Crippen molar-refractivity contribution in [3.05, 3.63) is 42.2 Å². The van der Waals surface area contributed by atoms with Crippen molar-refractivity contribution >= 4 is 5.91 Å². The first-order valence-electron chi connectivity index (χ1n) is 6.63. The first-order valence-corrected chi connectivity index (χ1v) is 6.63. The Labute approximate surface area is 122 Å². The zero-order valence-corrected chi connectivity index (χ0v) is 11.8. The van der Waals surface area contributed by atoms with Crippen LogP contribution in [0.4, 0.5) is 0 Å². The number of aliphatic hydroxyl groups is 1. The molecule has 1 N–H and O–H groups in total. The fraction of sp³-hybridized carbons (Fsp3) is 0.357. The lowest BCUT2D eigenvalue weighted by molar-refractivity contribution is 0.0650. The minimum atomic E-state index is -0.275. The van der Waals surface area contributed by atoms with E-state index in [2.05, 4.69) is 10.3 Å². The number of methoxy groups -OCH3 is 1. The molecule has 0 aliphatic rings. The van der Waals surface area contributed by atoms with Crippen LogP contribution in [-0.2, 0) is 4.74 Å². The number of benzene rings is 1. The van der Waals surface area contributed by atoms with E-state index < -0.39 is 0 Å². The van der Waals surface area contributed by atoms with Gasteiger partial charge in [-0.2, -0.15) is 0 Å². The number of carbonyl (C=O) groups excluding carboxylic acids is 1. The number of rotatable bonds is 7. The highest BCUT2D eigenvalue weighted by atomic mass is 16.5. The van der Waals surface area contributed by atoms with E-state index >= 15 is 0 Å². The second kappa shape index (κ2) is 7.51. The standard InChI is InChI=1S/C14H18N4O3/c1-21-10-8-17(7-9-19)14(20)13-11-18(16-15-13)12-5-3-2-4-6-12/h2-6,11,19H,7-10H2,1H3. The molecule has 1 aromatic heterocycles. The summed E-state index contributed by atoms with van der Waals surface area (Å²) in [7, 11) is 1.56. The van der Waals surface area contributed by atoms with Crippen LogP contribution in [0.1, 0.15) is 10.5 Å². The largest absolute Gasteiger partial charge is 0.395 e. The van der Waals surface area contributed by atoms with Gasteiger partial charge in [-0.3, -0.25) is 4.79 Å². The Morgan fingerprint density at radius 3 is 2.76 bits per heavy atom. The number of hydrogen-bond acceptors (Lipinski definition) is 5. The topological polar surface area (TPSA) is 80.5 Å². The SMILES string of the molecule is COCCN(CCO)C(=O)c1cn(-c2ccccc2)nn1. The highest BCUT2D eigenvalue weighted by Gasteiger charge is 2.18. The molecule has 0 atom stereocenters. The van der Waals surface area contributed by atoms with Crippen LogP contribution in [0.2, 0.25) is 0 Å². The van der Waals surface area contributed by atoms with E-state index in [0.717, 1.165) is 5.69 Å². The van der Waals surface area contributed by atoms with Crippen LogP contribution in [0.5, 0.6) is 0 Å². The van der Waals surface area contributed by atoms with Gasteiger partial charge in [-0.25, -0.2) is 4.68 Å². The maximum atomic E-state index is 12.3. The first-order chi connectivity index (χ1) is 10.3. The average molecular weight is 290 g/mol. The average Bonchev–Trinajstić information content (AvgIpc) is 3.01. The van der Waals surface area contributed by atoms with Crippen molar-refractivity contribution in [3.63, 3.8) is 0 Å². The highest BCUT2D eigenvalue weighted by molar-refractivity contribution is 5.92. The molecule has 0 radical (unpaired) electrons. The Bertz CT molecular complexity index is 571. The predicted molar refractivity (Wildman–Crippen MR) is 76.2 cm³/mol. The molecular formula is C14H18N4O3. The Balaban J connectivity index is 2.13. The van der Waals surface area contributed by atoms with Gasteiger partial charge in [0.25, 0.3) is 5.91 Å². The molecule has 0 saturated heterocycles. The highest BCUT2D eigenvalue weighted by Crippen LogP contribution is 2.07. The zero-order valence-electron chi connectivity index (χ0n) is 11.8. The van der Waals surface area contributed by atoms with Crippen LogP contribution >= 0.6 is 0 Å². The summed E-state index contributed by atoms with van der Waals surface area (Å²) in [6.07, 6.45) is 1.58. The molecule has 0 aliphatic carbocycles. The summed E-state index contributed by atoms with van der Waals surface area (Å²) in [6, 6.07) is 9.42. The van der Waals surface area contributed by atoms with Gasteiger partial charge >= 0.3 is 0 Å². The summed E-state index contributed by atoms with van der Waals surface area (Å²) in [6.45, 7) is 0.926. The molecule has 0 fully saturated rings. The molecule has 0 aliphatic heterocycles. The molecule has 1 heterocycles. The Morgan fingerprint density at radius 1 is 1.33 bits per heavy atom. The molecule has 0 saturated carbocycles. The number of carbonyl (C=O) groups is 1. The first kappa shape index (κ1) is 15.1. The number of hydrogen-bond donors (Lipinski definition) is 1. The van der Waals surface area contributed by atoms with E-state index in [0.29, 0.717) is 13.2 Å². The lowest BCUT2D eigenvalue weighted by Crippen LogP contribution is -2.36. The van der Waals surface area contributed by atoms with E-state index in [9.17, 15) is 4.79 Å². The lowest BCUT2D eigenvalue weighted by atomic mass is 10.3. The van der Waals surface area contributed by atoms with Crippen LogP contribution in [0.15, 0.2) is 36.5 Å². The molecule has 1 amide bonds. The van der Waals surface area contributed by atoms with Gasteiger partial charge in [0.2, 0.25) is 0 Å². The predicted octanol–water partition coefficient (Wildman–Crippen LogP) is 0.348. The smallest absolute Gasteiger partial charge is 0.276 e. The van der Waals surface area contributed by atoms with Crippen LogP contribution in [-0.4, -0.2) is 64.3 Å². The molecule has 7 heteroatoms. The van der Waals surface area contributed by atoms with Crippen molar-refractivity contribution in [1.29, 1.82) is 0 Å². The van der Waals surface area contributed by atoms with Gasteiger partial charge in [0, 0.05) is 20.2 Å². The lowest BCUT2D eigenvalue weighted by Gasteiger charge is -2.19. The molecule has 0 spiro atoms. The Kier molecular flexibility index (Phi) is 5.42. The zero-order chi connectivity index (χ0) is 15.1. The fourth-order valence-corrected chi connectivity index (χ4v) is 1.87. The molecule has 112 valence electrons. The van der Waals surface area contributed by atoms with Crippen LogP contribution in [0.3, 0.4) is 0 Å². The molecule has 1 aromatic carbocycles. The quantitative estimate of drug-likeness (QED) is 0.796. The van der Waals surface area contributed by atoms with Crippen molar-refractivity contribution in [3.8, 4) is 5.69 Å². The second-order valence-corrected chi connectivity index (χ2v) is 4.39. The van der Waals surface area contributed by atoms with Gasteiger partial charge in [-0.15, -0.1) is 5.10 Å². The van der Waals surface area contributed by atoms with Gasteiger partial charge in [-0.1, -0.05) is 23.4 Å². The van der Waals surface area contributed by atoms with Gasteiger partial charge in [0.15, 0.2) is 5.69 Å². The van der Waals surface area contributed by atoms with E-state index in [-0.39, 0.29) is 24.8 Å². The van der Waals surface area contributed by atoms with Crippen molar-refractivity contribution in [2.75, 3.05) is 33.4 Å². The maximum absolute atomic E-state index is 12.3. The minimum absolute atomic E-state index is 0.109. The van der Waals surface area contributed by atoms with Crippen LogP contribution in [0.25, 0.3) is 5.69 Å². The van der Waals surface area contributed by atoms with Crippen molar-refractivity contribution in [2.24, 2.45) is 0 Å². The molecule has 0 bridgehead atoms. The summed E-state index contributed by atoms with van der Waals surface area (Å²) in [5, 5.41) is 16.9. The van der Waals surface area contributed by atoms with Gasteiger partial charge < -0.3 is 14.7 Å². The van der Waals surface area contributed by atoms with Gasteiger partial charge in [-0.05, 0) is 12.1 Å². The van der Waals surface area contributed by atoms with Crippen LogP contribution in [0, 0.1) is 0 Å². The maximum Gasteiger partial charge on any atom is 0.276 e. The summed E-state index contributed by atoms with van der Waals surface area (Å²) in [5.74, 6) is -0.275. The third-order valence-electron chi connectivity index (χ3n) is 2.96. The van der Waals surface area contributed by atoms with E-state index in [1.165, 1.54) is 4.90 Å². The number of nitrogens with zero attached hydrogens (tertiary/aromatic N) is 4. The third kappa shape index (κ3) is 3.87. The fourth-order valence-electron chi connectivity index (χ4n) is 1.87. The normalized spacial score (nSPS) is 10.6. The van der Waals surface area contributed by atoms with Crippen molar-refractivity contribution in [1.82, 2.24) is 19.9 Å². The Morgan fingerprint density at radius 2 is 2.10 bits per heavy atom. The molecule has 21 heavy (non-hydrogen) atoms. The van der Waals surface area contributed by atoms with E-state index in [1.54, 1.807) is 18.0 Å². The molecule has 0 unspecified atom stereocenters. The molecule has 7 nitrogen and oxygen atoms in total. The monoisotopic (exact) mass is 290 g/mol. The Hall–Kier alpha value is -2.25. The molecule has 2 aromatic rings. The van der Waals surface area contributed by atoms with Crippen LogP contribution < -0.4 is 0 Å². The number of ether oxygens (including phenoxy) is 1. The number of aromatic nitrogens is 3. The van der Waals surface area contributed by atoms with E-state index in [4.69, 9.17) is 9.84 Å². The third-order valence-corrected chi connectivity index (χ3v) is 2.96. The van der Waals surface area contributed by atoms with E-state index in [1.807, 2.05) is 30.3 Å². The van der Waals surface area contributed by atoms with Crippen molar-refractivity contribution in [2.45, 2.75) is 0 Å².